The fraction of sp³-hybridized carbons (Fsp3) is 0.133. The molecule has 0 aliphatic heterocycles. The van der Waals surface area contributed by atoms with Crippen LogP contribution in [0.5, 0.6) is 0 Å². The summed E-state index contributed by atoms with van der Waals surface area (Å²) in [6.45, 7) is 3.99. The second-order valence-corrected chi connectivity index (χ2v) is 9.12. The van der Waals surface area contributed by atoms with Gasteiger partial charge in [-0.15, -0.1) is 0 Å². The van der Waals surface area contributed by atoms with E-state index in [1.54, 1.807) is 18.2 Å². The number of hydrogen-bond donors (Lipinski definition) is 1. The van der Waals surface area contributed by atoms with Gasteiger partial charge in [0.2, 0.25) is 5.82 Å². The van der Waals surface area contributed by atoms with Crippen molar-refractivity contribution in [1.82, 2.24) is 15.5 Å². The van der Waals surface area contributed by atoms with Crippen LogP contribution in [0.1, 0.15) is 27.2 Å². The highest BCUT2D eigenvalue weighted by atomic mass is 19.2. The first kappa shape index (κ1) is 26.5. The Morgan fingerprint density at radius 3 is 2.27 bits per heavy atom. The van der Waals surface area contributed by atoms with Gasteiger partial charge in [0.1, 0.15) is 5.76 Å². The lowest BCUT2D eigenvalue weighted by atomic mass is 10.1. The summed E-state index contributed by atoms with van der Waals surface area (Å²) in [5.41, 5.74) is 3.17. The highest BCUT2D eigenvalue weighted by molar-refractivity contribution is 5.92. The molecule has 1 atom stereocenters. The molecule has 1 unspecified atom stereocenters. The molecule has 0 aliphatic rings. The number of carbonyl (C=O) groups is 2. The Balaban J connectivity index is 1.31. The topological polar surface area (TPSA) is 107 Å². The molecule has 40 heavy (non-hydrogen) atoms. The Morgan fingerprint density at radius 2 is 1.60 bits per heavy atom. The van der Waals surface area contributed by atoms with Crippen molar-refractivity contribution in [2.75, 3.05) is 0 Å². The van der Waals surface area contributed by atoms with Crippen molar-refractivity contribution in [2.24, 2.45) is 0 Å². The van der Waals surface area contributed by atoms with E-state index in [9.17, 15) is 9.59 Å². The van der Waals surface area contributed by atoms with Crippen LogP contribution in [-0.4, -0.2) is 28.7 Å². The third kappa shape index (κ3) is 5.65. The second-order valence-electron chi connectivity index (χ2n) is 9.12. The van der Waals surface area contributed by atoms with Crippen LogP contribution >= 0.6 is 0 Å². The highest BCUT2D eigenvalue weighted by Crippen LogP contribution is 2.28. The van der Waals surface area contributed by atoms with Gasteiger partial charge in [-0.05, 0) is 49.7 Å². The van der Waals surface area contributed by atoms with Gasteiger partial charge in [-0.1, -0.05) is 58.7 Å². The van der Waals surface area contributed by atoms with Crippen molar-refractivity contribution < 1.29 is 32.0 Å². The molecule has 2 heterocycles. The smallest absolute Gasteiger partial charge is 0.295 e. The second kappa shape index (κ2) is 11.3. The normalized spacial score (nSPS) is 11.7. The molecule has 3 aromatic carbocycles. The lowest BCUT2D eigenvalue weighted by molar-refractivity contribution is -0.134. The standard InChI is InChI=1S/C30H23F2N3O5/c1-17-3-7-19(8-4-17)23-13-14-24(39-23)29(37)33-25(38-16-36)15-21-11-12-22(27(32)26(21)31)28-34-30(40-35-28)20-9-5-18(2)6-10-20/h3-14,16,25H,15H2,1-2H3,(H,33,37). The van der Waals surface area contributed by atoms with Gasteiger partial charge in [0.25, 0.3) is 18.3 Å². The zero-order valence-corrected chi connectivity index (χ0v) is 21.5. The molecule has 1 amide bonds. The van der Waals surface area contributed by atoms with Crippen LogP contribution in [-0.2, 0) is 16.0 Å². The molecule has 0 aliphatic carbocycles. The molecule has 202 valence electrons. The monoisotopic (exact) mass is 543 g/mol. The maximum atomic E-state index is 15.1. The SMILES string of the molecule is Cc1ccc(-c2ccc(C(=O)NC(Cc3ccc(-c4noc(-c5ccc(C)cc5)n4)c(F)c3F)OC=O)o2)cc1. The molecule has 0 saturated carbocycles. The first-order valence-corrected chi connectivity index (χ1v) is 12.3. The molecular weight excluding hydrogens is 520 g/mol. The van der Waals surface area contributed by atoms with Gasteiger partial charge in [-0.2, -0.15) is 4.98 Å². The van der Waals surface area contributed by atoms with E-state index in [2.05, 4.69) is 15.5 Å². The number of rotatable bonds is 9. The predicted octanol–water partition coefficient (Wildman–Crippen LogP) is 6.03. The zero-order chi connectivity index (χ0) is 28.2. The number of nitrogens with one attached hydrogen (secondary N) is 1. The fourth-order valence-corrected chi connectivity index (χ4v) is 4.02. The van der Waals surface area contributed by atoms with Gasteiger partial charge in [-0.3, -0.25) is 9.59 Å². The first-order chi connectivity index (χ1) is 19.3. The van der Waals surface area contributed by atoms with Crippen molar-refractivity contribution in [3.63, 3.8) is 0 Å². The quantitative estimate of drug-likeness (QED) is 0.179. The molecule has 0 spiro atoms. The number of nitrogens with zero attached hydrogens (tertiary/aromatic N) is 2. The van der Waals surface area contributed by atoms with E-state index in [1.807, 2.05) is 50.2 Å². The van der Waals surface area contributed by atoms with E-state index in [1.165, 1.54) is 18.2 Å². The van der Waals surface area contributed by atoms with E-state index in [4.69, 9.17) is 13.7 Å². The minimum atomic E-state index is -1.30. The summed E-state index contributed by atoms with van der Waals surface area (Å²) in [5, 5.41) is 6.24. The lowest BCUT2D eigenvalue weighted by Crippen LogP contribution is -2.38. The minimum Gasteiger partial charge on any atom is -0.451 e. The van der Waals surface area contributed by atoms with Crippen LogP contribution in [0.4, 0.5) is 8.78 Å². The number of hydrogen-bond acceptors (Lipinski definition) is 7. The number of carbonyl (C=O) groups excluding carboxylic acids is 2. The summed E-state index contributed by atoms with van der Waals surface area (Å²) in [6.07, 6.45) is -1.64. The fourth-order valence-electron chi connectivity index (χ4n) is 4.02. The van der Waals surface area contributed by atoms with E-state index in [-0.39, 0.29) is 41.5 Å². The van der Waals surface area contributed by atoms with Gasteiger partial charge in [0.15, 0.2) is 23.6 Å². The predicted molar refractivity (Wildman–Crippen MR) is 141 cm³/mol. The van der Waals surface area contributed by atoms with E-state index >= 15 is 8.78 Å². The molecule has 0 radical (unpaired) electrons. The Hall–Kier alpha value is -5.12. The largest absolute Gasteiger partial charge is 0.451 e. The summed E-state index contributed by atoms with van der Waals surface area (Å²) in [6, 6.07) is 20.5. The average molecular weight is 544 g/mol. The Bertz CT molecular complexity index is 1660. The van der Waals surface area contributed by atoms with Crippen molar-refractivity contribution in [2.45, 2.75) is 26.5 Å². The Kier molecular flexibility index (Phi) is 7.50. The maximum absolute atomic E-state index is 15.1. The van der Waals surface area contributed by atoms with E-state index in [0.717, 1.165) is 16.7 Å². The van der Waals surface area contributed by atoms with Crippen LogP contribution in [0.15, 0.2) is 81.7 Å². The van der Waals surface area contributed by atoms with Gasteiger partial charge >= 0.3 is 0 Å². The molecule has 5 aromatic rings. The van der Waals surface area contributed by atoms with Crippen LogP contribution in [0.25, 0.3) is 34.2 Å². The number of aryl methyl sites for hydroxylation is 2. The number of amides is 1. The molecule has 5 rings (SSSR count). The maximum Gasteiger partial charge on any atom is 0.295 e. The molecule has 8 nitrogen and oxygen atoms in total. The van der Waals surface area contributed by atoms with Gasteiger partial charge in [-0.25, -0.2) is 8.78 Å². The summed E-state index contributed by atoms with van der Waals surface area (Å²) in [5.74, 6) is -2.66. The van der Waals surface area contributed by atoms with Crippen molar-refractivity contribution >= 4 is 12.4 Å². The zero-order valence-electron chi connectivity index (χ0n) is 21.5. The van der Waals surface area contributed by atoms with E-state index < -0.39 is 23.8 Å². The highest BCUT2D eigenvalue weighted by Gasteiger charge is 2.24. The van der Waals surface area contributed by atoms with Crippen molar-refractivity contribution in [3.8, 4) is 34.2 Å². The Morgan fingerprint density at radius 1 is 0.925 bits per heavy atom. The molecular formula is C30H23F2N3O5. The van der Waals surface area contributed by atoms with Crippen LogP contribution < -0.4 is 5.32 Å². The lowest BCUT2D eigenvalue weighted by Gasteiger charge is -2.17. The molecule has 0 fully saturated rings. The first-order valence-electron chi connectivity index (χ1n) is 12.3. The third-order valence-electron chi connectivity index (χ3n) is 6.21. The number of furan rings is 1. The molecule has 1 N–H and O–H groups in total. The van der Waals surface area contributed by atoms with Gasteiger partial charge in [0.05, 0.1) is 5.56 Å². The number of aromatic nitrogens is 2. The number of benzene rings is 3. The summed E-state index contributed by atoms with van der Waals surface area (Å²) < 4.78 is 45.9. The minimum absolute atomic E-state index is 0.0430. The summed E-state index contributed by atoms with van der Waals surface area (Å²) in [7, 11) is 0. The third-order valence-corrected chi connectivity index (χ3v) is 6.21. The summed E-state index contributed by atoms with van der Waals surface area (Å²) >= 11 is 0. The van der Waals surface area contributed by atoms with Crippen molar-refractivity contribution in [1.29, 1.82) is 0 Å². The van der Waals surface area contributed by atoms with Gasteiger partial charge < -0.3 is 19.0 Å². The van der Waals surface area contributed by atoms with Crippen LogP contribution in [0.2, 0.25) is 0 Å². The average Bonchev–Trinajstić information content (AvgIpc) is 3.63. The molecule has 10 heteroatoms. The van der Waals surface area contributed by atoms with Crippen molar-refractivity contribution in [3.05, 3.63) is 107 Å². The Labute approximate surface area is 227 Å². The molecule has 0 bridgehead atoms. The number of halogens is 2. The van der Waals surface area contributed by atoms with Crippen LogP contribution in [0.3, 0.4) is 0 Å². The van der Waals surface area contributed by atoms with Crippen LogP contribution in [0, 0.1) is 25.5 Å². The number of ether oxygens (including phenoxy) is 1. The van der Waals surface area contributed by atoms with Gasteiger partial charge in [0, 0.05) is 17.5 Å². The summed E-state index contributed by atoms with van der Waals surface area (Å²) in [4.78, 5) is 28.0. The molecule has 0 saturated heterocycles. The van der Waals surface area contributed by atoms with E-state index in [0.29, 0.717) is 11.3 Å². The molecule has 2 aromatic heterocycles.